The number of amides is 4. The van der Waals surface area contributed by atoms with E-state index < -0.39 is 52.3 Å². The summed E-state index contributed by atoms with van der Waals surface area (Å²) in [4.78, 5) is 89.0. The fourth-order valence-corrected chi connectivity index (χ4v) is 6.38. The largest absolute Gasteiger partial charge is 0.444 e. The Bertz CT molecular complexity index is 2800. The lowest BCUT2D eigenvalue weighted by molar-refractivity contribution is 0.0545. The summed E-state index contributed by atoms with van der Waals surface area (Å²) in [6, 6.07) is 13.1. The van der Waals surface area contributed by atoms with Gasteiger partial charge in [-0.05, 0) is 150 Å². The van der Waals surface area contributed by atoms with Crippen LogP contribution in [0, 0.1) is 0 Å². The summed E-state index contributed by atoms with van der Waals surface area (Å²) in [5.41, 5.74) is -1.25. The van der Waals surface area contributed by atoms with Crippen molar-refractivity contribution in [2.45, 2.75) is 112 Å². The van der Waals surface area contributed by atoms with Crippen molar-refractivity contribution in [2.24, 2.45) is 9.98 Å². The van der Waals surface area contributed by atoms with Gasteiger partial charge in [0.05, 0.1) is 37.7 Å². The summed E-state index contributed by atoms with van der Waals surface area (Å²) >= 11 is 12.7. The van der Waals surface area contributed by atoms with E-state index in [4.69, 9.17) is 47.1 Å². The molecule has 7 N–H and O–H groups in total. The lowest BCUT2D eigenvalue weighted by atomic mass is 10.1. The summed E-state index contributed by atoms with van der Waals surface area (Å²) in [7, 11) is 0. The highest BCUT2D eigenvalue weighted by Crippen LogP contribution is 2.33. The second kappa shape index (κ2) is 20.4. The van der Waals surface area contributed by atoms with E-state index in [9.17, 15) is 24.0 Å². The highest BCUT2D eigenvalue weighted by Gasteiger charge is 2.24. The highest BCUT2D eigenvalue weighted by atomic mass is 35.5. The Labute approximate surface area is 402 Å². The molecule has 0 radical (unpaired) electrons. The molecule has 5 rings (SSSR count). The Kier molecular flexibility index (Phi) is 15.5. The number of ether oxygens (including phenoxy) is 4. The van der Waals surface area contributed by atoms with Crippen molar-refractivity contribution in [1.82, 2.24) is 30.6 Å². The van der Waals surface area contributed by atoms with Gasteiger partial charge in [-0.15, -0.1) is 9.98 Å². The molecule has 0 saturated heterocycles. The fourth-order valence-electron chi connectivity index (χ4n) is 5.89. The zero-order valence-electron chi connectivity index (χ0n) is 39.9. The van der Waals surface area contributed by atoms with E-state index >= 15 is 0 Å². The van der Waals surface area contributed by atoms with Crippen molar-refractivity contribution >= 4 is 116 Å². The number of guanidine groups is 2. The normalized spacial score (nSPS) is 12.9. The number of fused-ring (bicyclic) bond motifs is 3. The molecule has 2 aromatic heterocycles. The van der Waals surface area contributed by atoms with Crippen LogP contribution in [0.3, 0.4) is 0 Å². The molecule has 362 valence electrons. The smallest absolute Gasteiger partial charge is 0.437 e. The molecule has 22 heteroatoms. The predicted molar refractivity (Wildman–Crippen MR) is 265 cm³/mol. The van der Waals surface area contributed by atoms with E-state index in [-0.39, 0.29) is 34.5 Å². The zero-order chi connectivity index (χ0) is 50.5. The van der Waals surface area contributed by atoms with Crippen LogP contribution in [0.5, 0.6) is 0 Å². The first-order chi connectivity index (χ1) is 31.4. The molecule has 20 nitrogen and oxygen atoms in total. The van der Waals surface area contributed by atoms with E-state index in [1.165, 1.54) is 6.07 Å². The van der Waals surface area contributed by atoms with Crippen LogP contribution in [0.2, 0.25) is 10.0 Å². The topological polar surface area (TPSA) is 264 Å². The number of halogens is 2. The number of benzene rings is 3. The Morgan fingerprint density at radius 1 is 0.647 bits per heavy atom. The van der Waals surface area contributed by atoms with Gasteiger partial charge in [0.25, 0.3) is 5.56 Å². The lowest BCUT2D eigenvalue weighted by Crippen LogP contribution is -2.41. The number of allylic oxidation sites excluding steroid dienone is 1. The Balaban J connectivity index is 1.61. The number of anilines is 4. The number of aliphatic imine (C=N–C) groups is 2. The minimum atomic E-state index is -1.04. The van der Waals surface area contributed by atoms with Crippen LogP contribution < -0.4 is 32.1 Å². The summed E-state index contributed by atoms with van der Waals surface area (Å²) < 4.78 is 21.6. The second-order valence-corrected chi connectivity index (χ2v) is 19.9. The SMILES string of the molecule is C/C(=C\c1cc(NC(=NC(=O)OC(C)(C)C)NC(=O)OC(C)(C)C)cc(NC(=NC(=O)OC(C)(C)C)NC(=O)OC(C)(C)C)c1)c1nc2ccc3nc(Nc4c(Cl)cccc4Cl)[nH]c3c2c(=O)[nH]1. The third kappa shape index (κ3) is 15.7. The summed E-state index contributed by atoms with van der Waals surface area (Å²) in [6.07, 6.45) is -2.29. The maximum Gasteiger partial charge on any atom is 0.437 e. The summed E-state index contributed by atoms with van der Waals surface area (Å²) in [6.45, 7) is 21.6. The molecule has 68 heavy (non-hydrogen) atoms. The third-order valence-corrected chi connectivity index (χ3v) is 8.83. The number of aromatic nitrogens is 4. The third-order valence-electron chi connectivity index (χ3n) is 8.20. The molecule has 0 atom stereocenters. The van der Waals surface area contributed by atoms with Crippen LogP contribution in [0.1, 0.15) is 101 Å². The van der Waals surface area contributed by atoms with Gasteiger partial charge >= 0.3 is 24.4 Å². The second-order valence-electron chi connectivity index (χ2n) is 19.1. The van der Waals surface area contributed by atoms with Crippen LogP contribution >= 0.6 is 23.2 Å². The molecule has 0 saturated carbocycles. The van der Waals surface area contributed by atoms with Gasteiger partial charge in [-0.3, -0.25) is 15.4 Å². The van der Waals surface area contributed by atoms with Crippen LogP contribution in [0.4, 0.5) is 42.2 Å². The van der Waals surface area contributed by atoms with Crippen molar-refractivity contribution in [3.63, 3.8) is 0 Å². The fraction of sp³-hybridized carbons (Fsp3) is 0.370. The number of hydrogen-bond acceptors (Lipinski definition) is 12. The molecule has 0 bridgehead atoms. The van der Waals surface area contributed by atoms with Gasteiger partial charge in [-0.1, -0.05) is 29.3 Å². The molecule has 2 heterocycles. The molecule has 0 fully saturated rings. The van der Waals surface area contributed by atoms with Gasteiger partial charge in [0.1, 0.15) is 28.2 Å². The van der Waals surface area contributed by atoms with E-state index in [1.807, 2.05) is 0 Å². The van der Waals surface area contributed by atoms with Gasteiger partial charge in [-0.2, -0.15) is 0 Å². The number of nitrogens with zero attached hydrogens (tertiary/aromatic N) is 4. The number of hydrogen-bond donors (Lipinski definition) is 7. The monoisotopic (exact) mass is 975 g/mol. The number of aromatic amines is 2. The average Bonchev–Trinajstić information content (AvgIpc) is 3.55. The maximum atomic E-state index is 13.9. The zero-order valence-corrected chi connectivity index (χ0v) is 41.4. The number of rotatable bonds is 6. The van der Waals surface area contributed by atoms with Gasteiger partial charge in [0, 0.05) is 11.4 Å². The van der Waals surface area contributed by atoms with Crippen LogP contribution in [-0.2, 0) is 18.9 Å². The number of nitrogens with one attached hydrogen (secondary N) is 7. The van der Waals surface area contributed by atoms with Crippen molar-refractivity contribution in [3.8, 4) is 0 Å². The number of imidazole rings is 1. The van der Waals surface area contributed by atoms with E-state index in [0.29, 0.717) is 49.4 Å². The molecule has 0 aliphatic carbocycles. The number of alkyl carbamates (subject to hydrolysis) is 2. The summed E-state index contributed by atoms with van der Waals surface area (Å²) in [5, 5.41) is 14.8. The van der Waals surface area contributed by atoms with Crippen LogP contribution in [-0.4, -0.2) is 78.6 Å². The van der Waals surface area contributed by atoms with Crippen molar-refractivity contribution in [3.05, 3.63) is 80.3 Å². The van der Waals surface area contributed by atoms with Crippen LogP contribution in [0.25, 0.3) is 33.6 Å². The number of carbonyl (C=O) groups is 4. The Hall–Kier alpha value is -7.19. The first-order valence-electron chi connectivity index (χ1n) is 21.0. The van der Waals surface area contributed by atoms with Crippen LogP contribution in [0.15, 0.2) is 63.3 Å². The first kappa shape index (κ1) is 51.8. The Morgan fingerprint density at radius 3 is 1.59 bits per heavy atom. The van der Waals surface area contributed by atoms with Gasteiger partial charge in [0.15, 0.2) is 0 Å². The van der Waals surface area contributed by atoms with E-state index in [2.05, 4.69) is 51.5 Å². The molecule has 0 spiro atoms. The number of H-pyrrole nitrogens is 2. The van der Waals surface area contributed by atoms with E-state index in [1.54, 1.807) is 139 Å². The first-order valence-corrected chi connectivity index (χ1v) is 21.8. The molecule has 0 aliphatic rings. The molecule has 5 aromatic rings. The van der Waals surface area contributed by atoms with Gasteiger partial charge < -0.3 is 44.9 Å². The number of para-hydroxylation sites is 1. The van der Waals surface area contributed by atoms with Crippen molar-refractivity contribution < 1.29 is 38.1 Å². The molecule has 0 unspecified atom stereocenters. The maximum absolute atomic E-state index is 13.9. The standard InChI is InChI=1S/C46H55Cl2N11O9/c1-23(34-51-29-17-18-30-33(31(29)35(60)55-34)54-38(52-30)53-32-27(47)15-14-16-28(32)48)19-24-20-25(49-36(56-39(61)65-43(2,3)4)57-40(62)66-44(5,6)7)22-26(21-24)50-37(58-41(63)67-45(8,9)10)59-42(64)68-46(11,12)13/h14-22H,1-13H3,(H,51,55,60)(H2,52,53,54)(H2,49,56,57,61,62)(H2,50,58,59,63,64)/b23-19+. The van der Waals surface area contributed by atoms with Crippen molar-refractivity contribution in [1.29, 1.82) is 0 Å². The quantitative estimate of drug-likeness (QED) is 0.0474. The van der Waals surface area contributed by atoms with Gasteiger partial charge in [0.2, 0.25) is 17.9 Å². The molecule has 3 aromatic carbocycles. The number of carbonyl (C=O) groups excluding carboxylic acids is 4. The highest BCUT2D eigenvalue weighted by molar-refractivity contribution is 6.39. The predicted octanol–water partition coefficient (Wildman–Crippen LogP) is 10.9. The minimum absolute atomic E-state index is 0.186. The lowest BCUT2D eigenvalue weighted by Gasteiger charge is -2.22. The summed E-state index contributed by atoms with van der Waals surface area (Å²) in [5.74, 6) is -0.272. The Morgan fingerprint density at radius 2 is 1.12 bits per heavy atom. The van der Waals surface area contributed by atoms with Crippen molar-refractivity contribution in [2.75, 3.05) is 16.0 Å². The molecule has 0 aliphatic heterocycles. The minimum Gasteiger partial charge on any atom is -0.444 e. The molecular formula is C46H55Cl2N11O9. The van der Waals surface area contributed by atoms with E-state index in [0.717, 1.165) is 0 Å². The van der Waals surface area contributed by atoms with Gasteiger partial charge in [-0.25, -0.2) is 29.1 Å². The molecule has 4 amide bonds. The average molecular weight is 977 g/mol. The molecular weight excluding hydrogens is 921 g/mol.